The summed E-state index contributed by atoms with van der Waals surface area (Å²) in [5, 5.41) is 5.85. The maximum atomic E-state index is 9.79. The van der Waals surface area contributed by atoms with Crippen LogP contribution in [0.25, 0.3) is 0 Å². The van der Waals surface area contributed by atoms with Crippen LogP contribution in [-0.4, -0.2) is 26.0 Å². The molecule has 0 aromatic heterocycles. The van der Waals surface area contributed by atoms with E-state index in [-0.39, 0.29) is 0 Å². The molecule has 1 aliphatic rings. The van der Waals surface area contributed by atoms with Crippen LogP contribution in [0.15, 0.2) is 0 Å². The molecule has 1 aliphatic heterocycles. The van der Waals surface area contributed by atoms with E-state index in [0.717, 1.165) is 19.6 Å². The minimum Gasteiger partial charge on any atom is -0.348 e. The molecule has 0 unspecified atom stereocenters. The largest absolute Gasteiger partial charge is 0.348 e. The van der Waals surface area contributed by atoms with Gasteiger partial charge in [0.15, 0.2) is 0 Å². The molecule has 0 spiro atoms. The average Bonchev–Trinajstić information content (AvgIpc) is 2.03. The standard InChI is InChI=1S/C7H13N2O/c10-6-9-5-7-2-1-3-8-4-7/h7-8H,1-5H2,(H,9,10)/t7-/m1/s1. The molecular formula is C7H13N2O. The van der Waals surface area contributed by atoms with E-state index in [4.69, 9.17) is 0 Å². The summed E-state index contributed by atoms with van der Waals surface area (Å²) in [6.07, 6.45) is 4.14. The molecule has 0 aliphatic carbocycles. The van der Waals surface area contributed by atoms with Gasteiger partial charge in [0.1, 0.15) is 0 Å². The summed E-state index contributed by atoms with van der Waals surface area (Å²) in [5.41, 5.74) is 0. The van der Waals surface area contributed by atoms with Gasteiger partial charge in [-0.2, -0.15) is 0 Å². The van der Waals surface area contributed by atoms with Gasteiger partial charge >= 0.3 is 6.41 Å². The second-order valence-corrected chi connectivity index (χ2v) is 2.70. The molecule has 1 rings (SSSR count). The van der Waals surface area contributed by atoms with Crippen LogP contribution in [0.1, 0.15) is 12.8 Å². The van der Waals surface area contributed by atoms with E-state index in [2.05, 4.69) is 10.6 Å². The second-order valence-electron chi connectivity index (χ2n) is 2.70. The summed E-state index contributed by atoms with van der Waals surface area (Å²) in [5.74, 6) is 0.621. The Morgan fingerprint density at radius 2 is 2.60 bits per heavy atom. The van der Waals surface area contributed by atoms with Gasteiger partial charge in [-0.1, -0.05) is 0 Å². The van der Waals surface area contributed by atoms with Crippen molar-refractivity contribution in [2.45, 2.75) is 12.8 Å². The van der Waals surface area contributed by atoms with Gasteiger partial charge in [-0.3, -0.25) is 4.79 Å². The third-order valence-corrected chi connectivity index (χ3v) is 1.86. The fraction of sp³-hybridized carbons (Fsp3) is 0.857. The molecule has 10 heavy (non-hydrogen) atoms. The first-order chi connectivity index (χ1) is 4.93. The Bertz CT molecular complexity index is 99.8. The lowest BCUT2D eigenvalue weighted by Crippen LogP contribution is -2.35. The summed E-state index contributed by atoms with van der Waals surface area (Å²) in [6.45, 7) is 2.94. The van der Waals surface area contributed by atoms with Gasteiger partial charge < -0.3 is 10.6 Å². The third kappa shape index (κ3) is 2.35. The number of piperidine rings is 1. The third-order valence-electron chi connectivity index (χ3n) is 1.86. The van der Waals surface area contributed by atoms with E-state index >= 15 is 0 Å². The zero-order valence-corrected chi connectivity index (χ0v) is 6.02. The molecule has 0 saturated carbocycles. The Morgan fingerprint density at radius 1 is 1.70 bits per heavy atom. The summed E-state index contributed by atoms with van der Waals surface area (Å²) in [6, 6.07) is 0. The summed E-state index contributed by atoms with van der Waals surface area (Å²) in [4.78, 5) is 9.79. The Balaban J connectivity index is 2.07. The lowest BCUT2D eigenvalue weighted by atomic mass is 10.00. The quantitative estimate of drug-likeness (QED) is 0.527. The summed E-state index contributed by atoms with van der Waals surface area (Å²) in [7, 11) is 0. The maximum Gasteiger partial charge on any atom is 0.309 e. The second kappa shape index (κ2) is 4.28. The van der Waals surface area contributed by atoms with Gasteiger partial charge in [0, 0.05) is 6.54 Å². The predicted molar refractivity (Wildman–Crippen MR) is 39.3 cm³/mol. The monoisotopic (exact) mass is 141 g/mol. The van der Waals surface area contributed by atoms with E-state index < -0.39 is 0 Å². The van der Waals surface area contributed by atoms with Gasteiger partial charge in [0.25, 0.3) is 0 Å². The lowest BCUT2D eigenvalue weighted by molar-refractivity contribution is 0.373. The molecule has 1 saturated heterocycles. The van der Waals surface area contributed by atoms with Crippen molar-refractivity contribution in [3.8, 4) is 0 Å². The molecule has 1 radical (unpaired) electrons. The Labute approximate surface area is 61.2 Å². The van der Waals surface area contributed by atoms with Crippen LogP contribution in [0.2, 0.25) is 0 Å². The van der Waals surface area contributed by atoms with Crippen LogP contribution >= 0.6 is 0 Å². The van der Waals surface area contributed by atoms with Crippen LogP contribution < -0.4 is 10.6 Å². The molecule has 1 heterocycles. The van der Waals surface area contributed by atoms with Crippen molar-refractivity contribution in [3.63, 3.8) is 0 Å². The summed E-state index contributed by atoms with van der Waals surface area (Å²) < 4.78 is 0. The molecule has 3 heteroatoms. The fourth-order valence-corrected chi connectivity index (χ4v) is 1.28. The van der Waals surface area contributed by atoms with Gasteiger partial charge in [-0.25, -0.2) is 0 Å². The minimum absolute atomic E-state index is 0.621. The van der Waals surface area contributed by atoms with Crippen molar-refractivity contribution in [2.24, 2.45) is 5.92 Å². The first-order valence-electron chi connectivity index (χ1n) is 3.74. The van der Waals surface area contributed by atoms with Crippen molar-refractivity contribution in [1.82, 2.24) is 10.6 Å². The Morgan fingerprint density at radius 3 is 3.20 bits per heavy atom. The highest BCUT2D eigenvalue weighted by atomic mass is 16.1. The lowest BCUT2D eigenvalue weighted by Gasteiger charge is -2.21. The van der Waals surface area contributed by atoms with Crippen molar-refractivity contribution in [2.75, 3.05) is 19.6 Å². The van der Waals surface area contributed by atoms with E-state index in [0.29, 0.717) is 5.92 Å². The van der Waals surface area contributed by atoms with Crippen molar-refractivity contribution in [3.05, 3.63) is 0 Å². The zero-order chi connectivity index (χ0) is 7.23. The van der Waals surface area contributed by atoms with E-state index in [9.17, 15) is 4.79 Å². The Hall–Kier alpha value is -0.570. The summed E-state index contributed by atoms with van der Waals surface area (Å²) >= 11 is 0. The number of carbonyl (C=O) groups excluding carboxylic acids is 1. The number of nitrogens with one attached hydrogen (secondary N) is 2. The van der Waals surface area contributed by atoms with Crippen molar-refractivity contribution >= 4 is 6.41 Å². The van der Waals surface area contributed by atoms with Crippen LogP contribution in [-0.2, 0) is 4.79 Å². The maximum absolute atomic E-state index is 9.79. The molecule has 0 aromatic rings. The van der Waals surface area contributed by atoms with E-state index in [1.54, 1.807) is 6.41 Å². The van der Waals surface area contributed by atoms with Crippen LogP contribution in [0, 0.1) is 5.92 Å². The normalized spacial score (nSPS) is 25.8. The Kier molecular flexibility index (Phi) is 3.22. The average molecular weight is 141 g/mol. The first-order valence-corrected chi connectivity index (χ1v) is 3.74. The molecule has 1 amide bonds. The topological polar surface area (TPSA) is 41.1 Å². The van der Waals surface area contributed by atoms with Gasteiger partial charge in [0.2, 0.25) is 0 Å². The molecule has 3 nitrogen and oxygen atoms in total. The number of hydrogen-bond acceptors (Lipinski definition) is 2. The molecule has 1 atom stereocenters. The molecule has 0 aromatic carbocycles. The molecule has 0 bridgehead atoms. The minimum atomic E-state index is 0.621. The molecule has 57 valence electrons. The van der Waals surface area contributed by atoms with E-state index in [1.807, 2.05) is 0 Å². The van der Waals surface area contributed by atoms with E-state index in [1.165, 1.54) is 12.8 Å². The van der Waals surface area contributed by atoms with Gasteiger partial charge in [0.05, 0.1) is 0 Å². The van der Waals surface area contributed by atoms with Gasteiger partial charge in [-0.05, 0) is 31.8 Å². The van der Waals surface area contributed by atoms with Crippen molar-refractivity contribution < 1.29 is 4.79 Å². The van der Waals surface area contributed by atoms with Crippen LogP contribution in [0.4, 0.5) is 0 Å². The fourth-order valence-electron chi connectivity index (χ4n) is 1.28. The SMILES string of the molecule is O=[C]NC[C@@H]1CCCNC1. The molecular weight excluding hydrogens is 128 g/mol. The number of amides is 1. The predicted octanol–water partition coefficient (Wildman–Crippen LogP) is -0.357. The highest BCUT2D eigenvalue weighted by molar-refractivity contribution is 5.46. The first kappa shape index (κ1) is 7.54. The smallest absolute Gasteiger partial charge is 0.309 e. The number of hydrogen-bond donors (Lipinski definition) is 2. The number of rotatable bonds is 3. The zero-order valence-electron chi connectivity index (χ0n) is 6.02. The molecule has 2 N–H and O–H groups in total. The van der Waals surface area contributed by atoms with Gasteiger partial charge in [-0.15, -0.1) is 0 Å². The van der Waals surface area contributed by atoms with Crippen molar-refractivity contribution in [1.29, 1.82) is 0 Å². The van der Waals surface area contributed by atoms with Crippen LogP contribution in [0.3, 0.4) is 0 Å². The highest BCUT2D eigenvalue weighted by Crippen LogP contribution is 2.07. The highest BCUT2D eigenvalue weighted by Gasteiger charge is 2.11. The van der Waals surface area contributed by atoms with Crippen LogP contribution in [0.5, 0.6) is 0 Å². The molecule has 1 fully saturated rings.